The molecule has 1 amide bonds. The van der Waals surface area contributed by atoms with Crippen LogP contribution in [-0.4, -0.2) is 5.91 Å². The number of carbonyl (C=O) groups excluding carboxylic acids is 1. The van der Waals surface area contributed by atoms with Crippen molar-refractivity contribution >= 4 is 23.2 Å². The van der Waals surface area contributed by atoms with E-state index in [-0.39, 0.29) is 17.5 Å². The van der Waals surface area contributed by atoms with Crippen LogP contribution in [0.1, 0.15) is 27.4 Å². The Morgan fingerprint density at radius 1 is 1.22 bits per heavy atom. The van der Waals surface area contributed by atoms with Crippen LogP contribution in [0.2, 0.25) is 0 Å². The maximum atomic E-state index is 12.0. The molecule has 0 aliphatic heterocycles. The van der Waals surface area contributed by atoms with Crippen LogP contribution in [-0.2, 0) is 5.88 Å². The summed E-state index contributed by atoms with van der Waals surface area (Å²) in [5.41, 5.74) is 2.87. The Morgan fingerprint density at radius 3 is 2.44 bits per heavy atom. The van der Waals surface area contributed by atoms with E-state index in [4.69, 9.17) is 16.0 Å². The Balaban J connectivity index is 2.21. The van der Waals surface area contributed by atoms with E-state index in [2.05, 4.69) is 5.32 Å². The Labute approximate surface area is 111 Å². The Kier molecular flexibility index (Phi) is 3.72. The lowest BCUT2D eigenvalue weighted by molar-refractivity contribution is 0.0995. The zero-order valence-corrected chi connectivity index (χ0v) is 11.0. The number of hydrogen-bond donors (Lipinski definition) is 1. The summed E-state index contributed by atoms with van der Waals surface area (Å²) in [6, 6.07) is 9.19. The summed E-state index contributed by atoms with van der Waals surface area (Å²) in [5, 5.41) is 2.86. The molecule has 2 aromatic rings. The Morgan fingerprint density at radius 2 is 1.89 bits per heavy atom. The molecule has 0 fully saturated rings. The van der Waals surface area contributed by atoms with Gasteiger partial charge >= 0.3 is 0 Å². The molecule has 2 rings (SSSR count). The van der Waals surface area contributed by atoms with Gasteiger partial charge in [0.05, 0.1) is 5.88 Å². The van der Waals surface area contributed by atoms with Crippen molar-refractivity contribution in [2.24, 2.45) is 0 Å². The summed E-state index contributed by atoms with van der Waals surface area (Å²) in [4.78, 5) is 12.0. The van der Waals surface area contributed by atoms with E-state index in [1.807, 2.05) is 32.0 Å². The standard InChI is InChI=1S/C14H14ClNO2/c1-9-4-3-5-10(2)13(9)16-14(17)12-7-6-11(8-15)18-12/h3-7H,8H2,1-2H3,(H,16,17). The maximum absolute atomic E-state index is 12.0. The van der Waals surface area contributed by atoms with E-state index in [0.717, 1.165) is 16.8 Å². The average Bonchev–Trinajstić information content (AvgIpc) is 2.82. The third kappa shape index (κ3) is 2.57. The van der Waals surface area contributed by atoms with Gasteiger partial charge in [0.1, 0.15) is 5.76 Å². The predicted molar refractivity (Wildman–Crippen MR) is 72.1 cm³/mol. The smallest absolute Gasteiger partial charge is 0.291 e. The second-order valence-corrected chi connectivity index (χ2v) is 4.39. The molecule has 4 heteroatoms. The molecule has 1 aromatic heterocycles. The van der Waals surface area contributed by atoms with E-state index in [1.165, 1.54) is 0 Å². The summed E-state index contributed by atoms with van der Waals surface area (Å²) < 4.78 is 5.30. The molecule has 1 N–H and O–H groups in total. The minimum atomic E-state index is -0.260. The van der Waals surface area contributed by atoms with Gasteiger partial charge in [-0.3, -0.25) is 4.79 Å². The molecule has 0 unspecified atom stereocenters. The van der Waals surface area contributed by atoms with Crippen molar-refractivity contribution in [1.29, 1.82) is 0 Å². The first-order chi connectivity index (χ1) is 8.61. The van der Waals surface area contributed by atoms with Crippen molar-refractivity contribution in [2.45, 2.75) is 19.7 Å². The zero-order chi connectivity index (χ0) is 13.1. The molecule has 1 aromatic carbocycles. The molecule has 0 aliphatic carbocycles. The lowest BCUT2D eigenvalue weighted by Gasteiger charge is -2.10. The number of aryl methyl sites for hydroxylation is 2. The lowest BCUT2D eigenvalue weighted by Crippen LogP contribution is -2.12. The van der Waals surface area contributed by atoms with Gasteiger partial charge in [0, 0.05) is 5.69 Å². The van der Waals surface area contributed by atoms with Gasteiger partial charge in [-0.05, 0) is 37.1 Å². The van der Waals surface area contributed by atoms with Crippen molar-refractivity contribution in [3.8, 4) is 0 Å². The van der Waals surface area contributed by atoms with Crippen LogP contribution in [0.25, 0.3) is 0 Å². The molecule has 1 heterocycles. The highest BCUT2D eigenvalue weighted by Gasteiger charge is 2.13. The molecule has 0 aliphatic rings. The van der Waals surface area contributed by atoms with Gasteiger partial charge in [0.25, 0.3) is 5.91 Å². The predicted octanol–water partition coefficient (Wildman–Crippen LogP) is 3.89. The van der Waals surface area contributed by atoms with Gasteiger partial charge in [0.2, 0.25) is 0 Å². The first-order valence-corrected chi connectivity index (χ1v) is 6.17. The zero-order valence-electron chi connectivity index (χ0n) is 10.3. The highest BCUT2D eigenvalue weighted by atomic mass is 35.5. The van der Waals surface area contributed by atoms with E-state index >= 15 is 0 Å². The number of carbonyl (C=O) groups is 1. The molecule has 18 heavy (non-hydrogen) atoms. The van der Waals surface area contributed by atoms with Crippen LogP contribution in [0.3, 0.4) is 0 Å². The summed E-state index contributed by atoms with van der Waals surface area (Å²) >= 11 is 5.63. The molecule has 0 saturated carbocycles. The van der Waals surface area contributed by atoms with Gasteiger partial charge < -0.3 is 9.73 Å². The number of nitrogens with one attached hydrogen (secondary N) is 1. The van der Waals surface area contributed by atoms with Crippen LogP contribution in [0.15, 0.2) is 34.7 Å². The van der Waals surface area contributed by atoms with Crippen molar-refractivity contribution in [3.63, 3.8) is 0 Å². The Hall–Kier alpha value is -1.74. The lowest BCUT2D eigenvalue weighted by atomic mass is 10.1. The van der Waals surface area contributed by atoms with Gasteiger partial charge in [-0.15, -0.1) is 11.6 Å². The fourth-order valence-electron chi connectivity index (χ4n) is 1.76. The minimum absolute atomic E-state index is 0.260. The third-order valence-electron chi connectivity index (χ3n) is 2.74. The number of amides is 1. The number of furan rings is 1. The number of rotatable bonds is 3. The highest BCUT2D eigenvalue weighted by Crippen LogP contribution is 2.21. The normalized spacial score (nSPS) is 10.4. The van der Waals surface area contributed by atoms with Crippen molar-refractivity contribution < 1.29 is 9.21 Å². The summed E-state index contributed by atoms with van der Waals surface area (Å²) in [6.45, 7) is 3.91. The molecule has 0 spiro atoms. The van der Waals surface area contributed by atoms with Gasteiger partial charge in [-0.1, -0.05) is 18.2 Å². The number of alkyl halides is 1. The minimum Gasteiger partial charge on any atom is -0.455 e. The van der Waals surface area contributed by atoms with Crippen molar-refractivity contribution in [1.82, 2.24) is 0 Å². The highest BCUT2D eigenvalue weighted by molar-refractivity contribution is 6.16. The first-order valence-electron chi connectivity index (χ1n) is 5.64. The number of hydrogen-bond acceptors (Lipinski definition) is 2. The molecule has 3 nitrogen and oxygen atoms in total. The van der Waals surface area contributed by atoms with Gasteiger partial charge in [-0.25, -0.2) is 0 Å². The molecule has 0 bridgehead atoms. The van der Waals surface area contributed by atoms with E-state index in [1.54, 1.807) is 12.1 Å². The summed E-state index contributed by atoms with van der Waals surface area (Å²) in [5.74, 6) is 0.858. The molecule has 94 valence electrons. The van der Waals surface area contributed by atoms with E-state index < -0.39 is 0 Å². The largest absolute Gasteiger partial charge is 0.455 e. The van der Waals surface area contributed by atoms with Crippen molar-refractivity contribution in [3.05, 3.63) is 53.0 Å². The fraction of sp³-hybridized carbons (Fsp3) is 0.214. The van der Waals surface area contributed by atoms with Gasteiger partial charge in [0.15, 0.2) is 5.76 Å². The van der Waals surface area contributed by atoms with Crippen LogP contribution < -0.4 is 5.32 Å². The van der Waals surface area contributed by atoms with Crippen LogP contribution >= 0.6 is 11.6 Å². The summed E-state index contributed by atoms with van der Waals surface area (Å²) in [6.07, 6.45) is 0. The second kappa shape index (κ2) is 5.27. The Bertz CT molecular complexity index is 555. The van der Waals surface area contributed by atoms with E-state index in [9.17, 15) is 4.79 Å². The first kappa shape index (κ1) is 12.7. The number of anilines is 1. The quantitative estimate of drug-likeness (QED) is 0.854. The third-order valence-corrected chi connectivity index (χ3v) is 3.00. The maximum Gasteiger partial charge on any atom is 0.291 e. The van der Waals surface area contributed by atoms with Crippen molar-refractivity contribution in [2.75, 3.05) is 5.32 Å². The second-order valence-electron chi connectivity index (χ2n) is 4.12. The fourth-order valence-corrected chi connectivity index (χ4v) is 1.90. The summed E-state index contributed by atoms with van der Waals surface area (Å²) in [7, 11) is 0. The molecular formula is C14H14ClNO2. The number of halogens is 1. The van der Waals surface area contributed by atoms with Crippen LogP contribution in [0.4, 0.5) is 5.69 Å². The van der Waals surface area contributed by atoms with E-state index in [0.29, 0.717) is 5.76 Å². The van der Waals surface area contributed by atoms with Gasteiger partial charge in [-0.2, -0.15) is 0 Å². The monoisotopic (exact) mass is 263 g/mol. The molecule has 0 atom stereocenters. The SMILES string of the molecule is Cc1cccc(C)c1NC(=O)c1ccc(CCl)o1. The van der Waals surface area contributed by atoms with Crippen LogP contribution in [0, 0.1) is 13.8 Å². The molecule has 0 radical (unpaired) electrons. The topological polar surface area (TPSA) is 42.2 Å². The molecular weight excluding hydrogens is 250 g/mol. The van der Waals surface area contributed by atoms with Crippen LogP contribution in [0.5, 0.6) is 0 Å². The number of benzene rings is 1. The number of para-hydroxylation sites is 1. The average molecular weight is 264 g/mol. The molecule has 0 saturated heterocycles.